The lowest BCUT2D eigenvalue weighted by Crippen LogP contribution is -2.37. The van der Waals surface area contributed by atoms with Crippen LogP contribution >= 0.6 is 0 Å². The zero-order chi connectivity index (χ0) is 13.2. The van der Waals surface area contributed by atoms with Gasteiger partial charge in [0.25, 0.3) is 0 Å². The van der Waals surface area contributed by atoms with E-state index < -0.39 is 0 Å². The topological polar surface area (TPSA) is 20.3 Å². The third-order valence-corrected chi connectivity index (χ3v) is 3.80. The number of nitrogens with zero attached hydrogens (tertiary/aromatic N) is 1. The Balaban J connectivity index is 2.02. The van der Waals surface area contributed by atoms with Crippen LogP contribution in [0.2, 0.25) is 0 Å². The lowest BCUT2D eigenvalue weighted by molar-refractivity contribution is -0.119. The second-order valence-corrected chi connectivity index (χ2v) is 4.98. The molecule has 96 valence electrons. The summed E-state index contributed by atoms with van der Waals surface area (Å²) in [6.07, 6.45) is 1.46. The first-order chi connectivity index (χ1) is 9.27. The molecule has 2 aromatic carbocycles. The Labute approximate surface area is 113 Å². The number of anilines is 1. The highest BCUT2D eigenvalue weighted by atomic mass is 16.2. The first-order valence-corrected chi connectivity index (χ1v) is 6.72. The average Bonchev–Trinajstić information content (AvgIpc) is 2.47. The van der Waals surface area contributed by atoms with Crippen molar-refractivity contribution < 1.29 is 4.79 Å². The number of fused-ring (bicyclic) bond motifs is 1. The summed E-state index contributed by atoms with van der Waals surface area (Å²) in [4.78, 5) is 14.2. The maximum Gasteiger partial charge on any atom is 0.227 e. The van der Waals surface area contributed by atoms with Gasteiger partial charge >= 0.3 is 0 Å². The van der Waals surface area contributed by atoms with Gasteiger partial charge in [-0.3, -0.25) is 4.79 Å². The van der Waals surface area contributed by atoms with Gasteiger partial charge in [0.1, 0.15) is 0 Å². The minimum atomic E-state index is 0.0788. The Morgan fingerprint density at radius 1 is 0.947 bits per heavy atom. The van der Waals surface area contributed by atoms with Crippen molar-refractivity contribution >= 4 is 11.6 Å². The van der Waals surface area contributed by atoms with Gasteiger partial charge < -0.3 is 4.90 Å². The van der Waals surface area contributed by atoms with E-state index in [1.807, 2.05) is 41.3 Å². The van der Waals surface area contributed by atoms with Crippen LogP contribution in [0, 0.1) is 0 Å². The maximum atomic E-state index is 12.3. The molecule has 0 radical (unpaired) electrons. The van der Waals surface area contributed by atoms with Crippen LogP contribution in [0.25, 0.3) is 0 Å². The van der Waals surface area contributed by atoms with Crippen LogP contribution in [0.3, 0.4) is 0 Å². The van der Waals surface area contributed by atoms with Gasteiger partial charge in [0, 0.05) is 12.1 Å². The fraction of sp³-hybridized carbons (Fsp3) is 0.235. The van der Waals surface area contributed by atoms with Gasteiger partial charge in [-0.15, -0.1) is 0 Å². The molecule has 0 spiro atoms. The van der Waals surface area contributed by atoms with Crippen molar-refractivity contribution in [3.63, 3.8) is 0 Å². The summed E-state index contributed by atoms with van der Waals surface area (Å²) in [7, 11) is 0. The minimum Gasteiger partial charge on any atom is -0.305 e. The lowest BCUT2D eigenvalue weighted by Gasteiger charge is -2.34. The Kier molecular flexibility index (Phi) is 3.08. The summed E-state index contributed by atoms with van der Waals surface area (Å²) in [5.41, 5.74) is 3.51. The molecule has 0 saturated heterocycles. The molecular weight excluding hydrogens is 234 g/mol. The molecule has 1 aliphatic rings. The van der Waals surface area contributed by atoms with E-state index in [2.05, 4.69) is 25.1 Å². The molecule has 0 aliphatic carbocycles. The van der Waals surface area contributed by atoms with Crippen molar-refractivity contribution in [3.05, 3.63) is 65.7 Å². The highest BCUT2D eigenvalue weighted by molar-refractivity contribution is 5.97. The quantitative estimate of drug-likeness (QED) is 0.796. The first-order valence-electron chi connectivity index (χ1n) is 6.72. The lowest BCUT2D eigenvalue weighted by atomic mass is 9.97. The SMILES string of the molecule is C[C@@H](c1ccccc1)N1C(=O)CCc2ccccc21. The number of amides is 1. The molecule has 1 atom stereocenters. The second-order valence-electron chi connectivity index (χ2n) is 4.98. The third kappa shape index (κ3) is 2.14. The molecule has 0 bridgehead atoms. The third-order valence-electron chi connectivity index (χ3n) is 3.80. The van der Waals surface area contributed by atoms with E-state index in [-0.39, 0.29) is 11.9 Å². The van der Waals surface area contributed by atoms with Gasteiger partial charge in [-0.25, -0.2) is 0 Å². The molecule has 1 aliphatic heterocycles. The van der Waals surface area contributed by atoms with Crippen LogP contribution in [0.15, 0.2) is 54.6 Å². The van der Waals surface area contributed by atoms with Crippen molar-refractivity contribution in [2.45, 2.75) is 25.8 Å². The fourth-order valence-corrected chi connectivity index (χ4v) is 2.76. The van der Waals surface area contributed by atoms with Gasteiger partial charge in [-0.05, 0) is 30.5 Å². The highest BCUT2D eigenvalue weighted by Crippen LogP contribution is 2.34. The van der Waals surface area contributed by atoms with Crippen molar-refractivity contribution in [2.24, 2.45) is 0 Å². The van der Waals surface area contributed by atoms with Gasteiger partial charge in [0.05, 0.1) is 6.04 Å². The molecule has 0 saturated carbocycles. The number of carbonyl (C=O) groups excluding carboxylic acids is 1. The fourth-order valence-electron chi connectivity index (χ4n) is 2.76. The molecule has 1 heterocycles. The summed E-state index contributed by atoms with van der Waals surface area (Å²) >= 11 is 0. The molecule has 2 nitrogen and oxygen atoms in total. The van der Waals surface area contributed by atoms with E-state index in [0.29, 0.717) is 6.42 Å². The minimum absolute atomic E-state index is 0.0788. The van der Waals surface area contributed by atoms with Gasteiger partial charge in [-0.2, -0.15) is 0 Å². The second kappa shape index (κ2) is 4.88. The van der Waals surface area contributed by atoms with E-state index in [1.54, 1.807) is 0 Å². The molecule has 0 fully saturated rings. The van der Waals surface area contributed by atoms with Crippen molar-refractivity contribution in [2.75, 3.05) is 4.90 Å². The molecule has 2 aromatic rings. The number of carbonyl (C=O) groups is 1. The Hall–Kier alpha value is -2.09. The maximum absolute atomic E-state index is 12.3. The van der Waals surface area contributed by atoms with E-state index in [9.17, 15) is 4.79 Å². The summed E-state index contributed by atoms with van der Waals surface area (Å²) in [5, 5.41) is 0. The molecule has 3 rings (SSSR count). The van der Waals surface area contributed by atoms with E-state index in [4.69, 9.17) is 0 Å². The molecule has 0 N–H and O–H groups in total. The standard InChI is InChI=1S/C17H17NO/c1-13(14-7-3-2-4-8-14)18-16-10-6-5-9-15(16)11-12-17(18)19/h2-10,13H,11-12H2,1H3/t13-/m0/s1. The van der Waals surface area contributed by atoms with Crippen LogP contribution in [0.1, 0.15) is 30.5 Å². The normalized spacial score (nSPS) is 16.1. The van der Waals surface area contributed by atoms with Gasteiger partial charge in [0.15, 0.2) is 0 Å². The molecule has 0 aromatic heterocycles. The van der Waals surface area contributed by atoms with E-state index in [0.717, 1.165) is 12.1 Å². The molecule has 19 heavy (non-hydrogen) atoms. The molecule has 1 amide bonds. The summed E-state index contributed by atoms with van der Waals surface area (Å²) < 4.78 is 0. The summed E-state index contributed by atoms with van der Waals surface area (Å²) in [6, 6.07) is 18.5. The Morgan fingerprint density at radius 3 is 2.42 bits per heavy atom. The van der Waals surface area contributed by atoms with Crippen molar-refractivity contribution in [3.8, 4) is 0 Å². The average molecular weight is 251 g/mol. The van der Waals surface area contributed by atoms with Crippen LogP contribution in [-0.4, -0.2) is 5.91 Å². The van der Waals surface area contributed by atoms with Gasteiger partial charge in [-0.1, -0.05) is 48.5 Å². The van der Waals surface area contributed by atoms with E-state index >= 15 is 0 Å². The molecule has 2 heteroatoms. The smallest absolute Gasteiger partial charge is 0.227 e. The van der Waals surface area contributed by atoms with E-state index in [1.165, 1.54) is 11.1 Å². The number of rotatable bonds is 2. The van der Waals surface area contributed by atoms with Crippen LogP contribution in [0.4, 0.5) is 5.69 Å². The Bertz CT molecular complexity index is 591. The zero-order valence-electron chi connectivity index (χ0n) is 11.0. The van der Waals surface area contributed by atoms with Crippen LogP contribution in [0.5, 0.6) is 0 Å². The van der Waals surface area contributed by atoms with Crippen molar-refractivity contribution in [1.29, 1.82) is 0 Å². The number of hydrogen-bond acceptors (Lipinski definition) is 1. The number of hydrogen-bond donors (Lipinski definition) is 0. The number of benzene rings is 2. The Morgan fingerprint density at radius 2 is 1.63 bits per heavy atom. The number of para-hydroxylation sites is 1. The summed E-state index contributed by atoms with van der Waals surface area (Å²) in [5.74, 6) is 0.218. The molecular formula is C17H17NO. The largest absolute Gasteiger partial charge is 0.305 e. The first kappa shape index (κ1) is 12.0. The van der Waals surface area contributed by atoms with Crippen molar-refractivity contribution in [1.82, 2.24) is 0 Å². The predicted octanol–water partition coefficient (Wildman–Crippen LogP) is 3.73. The zero-order valence-corrected chi connectivity index (χ0v) is 11.0. The summed E-state index contributed by atoms with van der Waals surface area (Å²) in [6.45, 7) is 2.09. The molecule has 0 unspecified atom stereocenters. The highest BCUT2D eigenvalue weighted by Gasteiger charge is 2.28. The van der Waals surface area contributed by atoms with Crippen LogP contribution in [-0.2, 0) is 11.2 Å². The monoisotopic (exact) mass is 251 g/mol. The number of aryl methyl sites for hydroxylation is 1. The predicted molar refractivity (Wildman–Crippen MR) is 77.1 cm³/mol. The van der Waals surface area contributed by atoms with Gasteiger partial charge in [0.2, 0.25) is 5.91 Å². The van der Waals surface area contributed by atoms with Crippen LogP contribution < -0.4 is 4.90 Å².